The maximum absolute atomic E-state index is 11.5. The molecule has 0 bridgehead atoms. The first-order valence-corrected chi connectivity index (χ1v) is 5.63. The number of nitrogens with one attached hydrogen (secondary N) is 1. The smallest absolute Gasteiger partial charge is 0.220 e. The maximum atomic E-state index is 11.5. The molecule has 0 radical (unpaired) electrons. The van der Waals surface area contributed by atoms with Gasteiger partial charge in [-0.2, -0.15) is 0 Å². The highest BCUT2D eigenvalue weighted by Gasteiger charge is 2.15. The fourth-order valence-corrected chi connectivity index (χ4v) is 1.44. The minimum Gasteiger partial charge on any atom is -0.356 e. The molecular weight excluding hydrogens is 200 g/mol. The van der Waals surface area contributed by atoms with Crippen molar-refractivity contribution in [3.05, 3.63) is 30.1 Å². The van der Waals surface area contributed by atoms with Gasteiger partial charge in [0.15, 0.2) is 0 Å². The number of aromatic nitrogens is 1. The van der Waals surface area contributed by atoms with E-state index in [-0.39, 0.29) is 11.3 Å². The Hall–Kier alpha value is -1.38. The third kappa shape index (κ3) is 5.49. The van der Waals surface area contributed by atoms with Crippen LogP contribution in [0.4, 0.5) is 0 Å². The predicted octanol–water partition coefficient (Wildman–Crippen LogP) is 2.18. The minimum absolute atomic E-state index is 0.0540. The van der Waals surface area contributed by atoms with Crippen LogP contribution in [0.2, 0.25) is 0 Å². The van der Waals surface area contributed by atoms with Crippen LogP contribution >= 0.6 is 0 Å². The molecule has 1 heterocycles. The minimum atomic E-state index is 0.0540. The van der Waals surface area contributed by atoms with E-state index in [2.05, 4.69) is 31.1 Å². The van der Waals surface area contributed by atoms with Gasteiger partial charge >= 0.3 is 0 Å². The lowest BCUT2D eigenvalue weighted by Crippen LogP contribution is -2.29. The van der Waals surface area contributed by atoms with Crippen LogP contribution in [0.1, 0.15) is 32.8 Å². The van der Waals surface area contributed by atoms with Crippen LogP contribution in [0.15, 0.2) is 24.5 Å². The molecule has 88 valence electrons. The van der Waals surface area contributed by atoms with Crippen molar-refractivity contribution in [2.24, 2.45) is 5.41 Å². The Morgan fingerprint density at radius 1 is 1.44 bits per heavy atom. The molecule has 0 aliphatic heterocycles. The van der Waals surface area contributed by atoms with E-state index in [4.69, 9.17) is 0 Å². The van der Waals surface area contributed by atoms with Gasteiger partial charge in [0.05, 0.1) is 0 Å². The van der Waals surface area contributed by atoms with E-state index in [1.165, 1.54) is 0 Å². The summed E-state index contributed by atoms with van der Waals surface area (Å²) < 4.78 is 0. The Bertz CT molecular complexity index is 328. The third-order valence-corrected chi connectivity index (χ3v) is 2.15. The lowest BCUT2D eigenvalue weighted by Gasteiger charge is -2.17. The second-order valence-electron chi connectivity index (χ2n) is 5.20. The average Bonchev–Trinajstić information content (AvgIpc) is 2.16. The predicted molar refractivity (Wildman–Crippen MR) is 65.0 cm³/mol. The zero-order valence-corrected chi connectivity index (χ0v) is 10.3. The van der Waals surface area contributed by atoms with Gasteiger partial charge in [-0.05, 0) is 23.5 Å². The highest BCUT2D eigenvalue weighted by atomic mass is 16.1. The van der Waals surface area contributed by atoms with Crippen LogP contribution in [0.5, 0.6) is 0 Å². The number of amides is 1. The van der Waals surface area contributed by atoms with Crippen LogP contribution in [0.25, 0.3) is 0 Å². The summed E-state index contributed by atoms with van der Waals surface area (Å²) >= 11 is 0. The van der Waals surface area contributed by atoms with E-state index in [9.17, 15) is 4.79 Å². The Morgan fingerprint density at radius 3 is 2.75 bits per heavy atom. The van der Waals surface area contributed by atoms with E-state index in [1.807, 2.05) is 18.3 Å². The normalized spacial score (nSPS) is 11.2. The number of hydrogen-bond acceptors (Lipinski definition) is 2. The van der Waals surface area contributed by atoms with Crippen LogP contribution < -0.4 is 5.32 Å². The summed E-state index contributed by atoms with van der Waals surface area (Å²) in [5.74, 6) is 0.122. The number of carbonyl (C=O) groups is 1. The van der Waals surface area contributed by atoms with Gasteiger partial charge in [0.2, 0.25) is 5.91 Å². The van der Waals surface area contributed by atoms with Crippen LogP contribution in [-0.4, -0.2) is 17.4 Å². The van der Waals surface area contributed by atoms with Gasteiger partial charge in [-0.25, -0.2) is 0 Å². The van der Waals surface area contributed by atoms with Crippen molar-refractivity contribution in [1.29, 1.82) is 0 Å². The largest absolute Gasteiger partial charge is 0.356 e. The summed E-state index contributed by atoms with van der Waals surface area (Å²) in [6.45, 7) is 6.87. The van der Waals surface area contributed by atoms with Gasteiger partial charge < -0.3 is 5.32 Å². The Labute approximate surface area is 97.3 Å². The summed E-state index contributed by atoms with van der Waals surface area (Å²) in [6, 6.07) is 3.93. The molecule has 16 heavy (non-hydrogen) atoms. The van der Waals surface area contributed by atoms with Gasteiger partial charge in [-0.1, -0.05) is 26.8 Å². The quantitative estimate of drug-likeness (QED) is 0.845. The first kappa shape index (κ1) is 12.7. The molecule has 0 aliphatic carbocycles. The first-order chi connectivity index (χ1) is 7.47. The van der Waals surface area contributed by atoms with Crippen molar-refractivity contribution in [1.82, 2.24) is 10.3 Å². The number of hydrogen-bond donors (Lipinski definition) is 1. The molecule has 0 fully saturated rings. The van der Waals surface area contributed by atoms with Gasteiger partial charge in [-0.3, -0.25) is 9.78 Å². The summed E-state index contributed by atoms with van der Waals surface area (Å²) in [6.07, 6.45) is 4.99. The Morgan fingerprint density at radius 2 is 2.19 bits per heavy atom. The highest BCUT2D eigenvalue weighted by molar-refractivity contribution is 5.76. The van der Waals surface area contributed by atoms with E-state index >= 15 is 0 Å². The standard InChI is InChI=1S/C13H20N2O/c1-13(2,3)9-12(16)15-8-6-11-5-4-7-14-10-11/h4-5,7,10H,6,8-9H2,1-3H3,(H,15,16). The van der Waals surface area contributed by atoms with Crippen molar-refractivity contribution in [3.63, 3.8) is 0 Å². The van der Waals surface area contributed by atoms with Gasteiger partial charge in [0.1, 0.15) is 0 Å². The molecule has 0 atom stereocenters. The lowest BCUT2D eigenvalue weighted by molar-refractivity contribution is -0.122. The van der Waals surface area contributed by atoms with Crippen molar-refractivity contribution in [3.8, 4) is 0 Å². The molecule has 0 aromatic carbocycles. The Kier molecular flexibility index (Phi) is 4.47. The molecule has 1 aromatic rings. The molecule has 0 unspecified atom stereocenters. The average molecular weight is 220 g/mol. The zero-order valence-electron chi connectivity index (χ0n) is 10.3. The summed E-state index contributed by atoms with van der Waals surface area (Å²) in [7, 11) is 0. The van der Waals surface area contributed by atoms with Gasteiger partial charge in [-0.15, -0.1) is 0 Å². The second-order valence-corrected chi connectivity index (χ2v) is 5.20. The summed E-state index contributed by atoms with van der Waals surface area (Å²) in [4.78, 5) is 15.6. The van der Waals surface area contributed by atoms with Crippen molar-refractivity contribution in [2.45, 2.75) is 33.6 Å². The molecule has 0 aliphatic rings. The molecular formula is C13H20N2O. The van der Waals surface area contributed by atoms with Crippen LogP contribution in [0.3, 0.4) is 0 Å². The topological polar surface area (TPSA) is 42.0 Å². The molecule has 0 saturated carbocycles. The fraction of sp³-hybridized carbons (Fsp3) is 0.538. The second kappa shape index (κ2) is 5.64. The zero-order chi connectivity index (χ0) is 12.0. The fourth-order valence-electron chi connectivity index (χ4n) is 1.44. The third-order valence-electron chi connectivity index (χ3n) is 2.15. The van der Waals surface area contributed by atoms with Gasteiger partial charge in [0, 0.05) is 25.4 Å². The maximum Gasteiger partial charge on any atom is 0.220 e. The molecule has 0 spiro atoms. The Balaban J connectivity index is 2.24. The molecule has 1 rings (SSSR count). The van der Waals surface area contributed by atoms with E-state index < -0.39 is 0 Å². The van der Waals surface area contributed by atoms with Crippen molar-refractivity contribution >= 4 is 5.91 Å². The van der Waals surface area contributed by atoms with Crippen LogP contribution in [-0.2, 0) is 11.2 Å². The molecule has 0 saturated heterocycles. The van der Waals surface area contributed by atoms with E-state index in [0.717, 1.165) is 12.0 Å². The van der Waals surface area contributed by atoms with Crippen LogP contribution in [0, 0.1) is 5.41 Å². The monoisotopic (exact) mass is 220 g/mol. The molecule has 3 heteroatoms. The SMILES string of the molecule is CC(C)(C)CC(=O)NCCc1cccnc1. The first-order valence-electron chi connectivity index (χ1n) is 5.63. The van der Waals surface area contributed by atoms with Crippen molar-refractivity contribution < 1.29 is 4.79 Å². The summed E-state index contributed by atoms with van der Waals surface area (Å²) in [5, 5.41) is 2.92. The number of rotatable bonds is 4. The molecule has 1 N–H and O–H groups in total. The number of carbonyl (C=O) groups excluding carboxylic acids is 1. The summed E-state index contributed by atoms with van der Waals surface area (Å²) in [5.41, 5.74) is 1.21. The molecule has 1 aromatic heterocycles. The number of nitrogens with zero attached hydrogens (tertiary/aromatic N) is 1. The van der Waals surface area contributed by atoms with Gasteiger partial charge in [0.25, 0.3) is 0 Å². The highest BCUT2D eigenvalue weighted by Crippen LogP contribution is 2.17. The van der Waals surface area contributed by atoms with Crippen molar-refractivity contribution in [2.75, 3.05) is 6.54 Å². The van der Waals surface area contributed by atoms with E-state index in [0.29, 0.717) is 13.0 Å². The number of pyridine rings is 1. The molecule has 1 amide bonds. The molecule has 3 nitrogen and oxygen atoms in total. The lowest BCUT2D eigenvalue weighted by atomic mass is 9.92. The van der Waals surface area contributed by atoms with E-state index in [1.54, 1.807) is 6.20 Å².